The van der Waals surface area contributed by atoms with Crippen molar-refractivity contribution >= 4 is 27.5 Å². The third-order valence-corrected chi connectivity index (χ3v) is 5.25. The van der Waals surface area contributed by atoms with E-state index in [1.807, 2.05) is 41.9 Å². The Hall–Kier alpha value is -2.40. The Labute approximate surface area is 145 Å². The first-order valence-corrected chi connectivity index (χ1v) is 8.57. The van der Waals surface area contributed by atoms with Gasteiger partial charge >= 0.3 is 0 Å². The SMILES string of the molecule is COc1cccc2sc(=NC(=O)Cc3ccc(C)c(C)c3)n(C)c12. The number of hydrogen-bond donors (Lipinski definition) is 0. The molecule has 0 spiro atoms. The summed E-state index contributed by atoms with van der Waals surface area (Å²) in [6.45, 7) is 4.12. The van der Waals surface area contributed by atoms with Gasteiger partial charge < -0.3 is 9.30 Å². The summed E-state index contributed by atoms with van der Waals surface area (Å²) >= 11 is 1.49. The van der Waals surface area contributed by atoms with E-state index in [4.69, 9.17) is 4.74 Å². The quantitative estimate of drug-likeness (QED) is 0.732. The van der Waals surface area contributed by atoms with Crippen molar-refractivity contribution in [2.75, 3.05) is 7.11 Å². The predicted molar refractivity (Wildman–Crippen MR) is 97.5 cm³/mol. The number of ether oxygens (including phenoxy) is 1. The Morgan fingerprint density at radius 1 is 1.21 bits per heavy atom. The first kappa shape index (κ1) is 16.5. The van der Waals surface area contributed by atoms with E-state index in [1.54, 1.807) is 7.11 Å². The van der Waals surface area contributed by atoms with E-state index < -0.39 is 0 Å². The number of para-hydroxylation sites is 1. The maximum absolute atomic E-state index is 12.4. The van der Waals surface area contributed by atoms with Crippen molar-refractivity contribution in [3.05, 3.63) is 57.9 Å². The fourth-order valence-corrected chi connectivity index (χ4v) is 3.73. The summed E-state index contributed by atoms with van der Waals surface area (Å²) in [5, 5.41) is 0. The van der Waals surface area contributed by atoms with Crippen molar-refractivity contribution in [3.63, 3.8) is 0 Å². The fourth-order valence-electron chi connectivity index (χ4n) is 2.67. The van der Waals surface area contributed by atoms with Crippen molar-refractivity contribution < 1.29 is 9.53 Å². The van der Waals surface area contributed by atoms with Crippen molar-refractivity contribution in [2.45, 2.75) is 20.3 Å². The van der Waals surface area contributed by atoms with Crippen LogP contribution in [0.25, 0.3) is 10.2 Å². The minimum absolute atomic E-state index is 0.139. The average molecular weight is 340 g/mol. The second-order valence-corrected chi connectivity index (χ2v) is 6.86. The summed E-state index contributed by atoms with van der Waals surface area (Å²) in [6, 6.07) is 12.0. The zero-order chi connectivity index (χ0) is 17.3. The highest BCUT2D eigenvalue weighted by molar-refractivity contribution is 7.16. The molecule has 5 heteroatoms. The minimum atomic E-state index is -0.139. The number of methoxy groups -OCH3 is 1. The predicted octanol–water partition coefficient (Wildman–Crippen LogP) is 3.54. The number of fused-ring (bicyclic) bond motifs is 1. The molecule has 3 rings (SSSR count). The molecular weight excluding hydrogens is 320 g/mol. The third kappa shape index (κ3) is 3.12. The highest BCUT2D eigenvalue weighted by Crippen LogP contribution is 2.26. The van der Waals surface area contributed by atoms with Gasteiger partial charge in [-0.1, -0.05) is 35.6 Å². The van der Waals surface area contributed by atoms with E-state index in [1.165, 1.54) is 22.5 Å². The number of amides is 1. The number of carbonyl (C=O) groups excluding carboxylic acids is 1. The lowest BCUT2D eigenvalue weighted by molar-refractivity contribution is -0.117. The Morgan fingerprint density at radius 3 is 2.71 bits per heavy atom. The summed E-state index contributed by atoms with van der Waals surface area (Å²) < 4.78 is 8.37. The lowest BCUT2D eigenvalue weighted by Gasteiger charge is -2.03. The van der Waals surface area contributed by atoms with E-state index in [2.05, 4.69) is 24.9 Å². The molecule has 4 nitrogen and oxygen atoms in total. The highest BCUT2D eigenvalue weighted by atomic mass is 32.1. The Balaban J connectivity index is 1.96. The maximum Gasteiger partial charge on any atom is 0.252 e. The van der Waals surface area contributed by atoms with Gasteiger partial charge in [-0.25, -0.2) is 0 Å². The van der Waals surface area contributed by atoms with Crippen LogP contribution in [0.5, 0.6) is 5.75 Å². The molecule has 1 aromatic heterocycles. The van der Waals surface area contributed by atoms with Gasteiger partial charge in [0.25, 0.3) is 5.91 Å². The van der Waals surface area contributed by atoms with Crippen molar-refractivity contribution in [2.24, 2.45) is 12.0 Å². The maximum atomic E-state index is 12.4. The van der Waals surface area contributed by atoms with Crippen LogP contribution in [0.1, 0.15) is 16.7 Å². The van der Waals surface area contributed by atoms with Crippen LogP contribution in [0.15, 0.2) is 41.4 Å². The molecule has 0 unspecified atom stereocenters. The van der Waals surface area contributed by atoms with E-state index in [9.17, 15) is 4.79 Å². The van der Waals surface area contributed by atoms with Gasteiger partial charge in [0.1, 0.15) is 11.3 Å². The lowest BCUT2D eigenvalue weighted by atomic mass is 10.0. The van der Waals surface area contributed by atoms with E-state index >= 15 is 0 Å². The van der Waals surface area contributed by atoms with E-state index in [-0.39, 0.29) is 5.91 Å². The summed E-state index contributed by atoms with van der Waals surface area (Å²) in [7, 11) is 3.55. The molecule has 24 heavy (non-hydrogen) atoms. The number of aryl methyl sites for hydroxylation is 3. The molecule has 1 heterocycles. The smallest absolute Gasteiger partial charge is 0.252 e. The lowest BCUT2D eigenvalue weighted by Crippen LogP contribution is -2.14. The topological polar surface area (TPSA) is 43.6 Å². The molecule has 0 bridgehead atoms. The van der Waals surface area contributed by atoms with Gasteiger partial charge in [-0.15, -0.1) is 0 Å². The number of thiazole rings is 1. The highest BCUT2D eigenvalue weighted by Gasteiger charge is 2.10. The molecule has 124 valence electrons. The molecule has 0 N–H and O–H groups in total. The zero-order valence-corrected chi connectivity index (χ0v) is 15.1. The van der Waals surface area contributed by atoms with Crippen LogP contribution < -0.4 is 9.54 Å². The standard InChI is InChI=1S/C19H20N2O2S/c1-12-8-9-14(10-13(12)2)11-17(22)20-19-21(3)18-15(23-4)6-5-7-16(18)24-19/h5-10H,11H2,1-4H3. The van der Waals surface area contributed by atoms with Crippen LogP contribution in [-0.2, 0) is 18.3 Å². The van der Waals surface area contributed by atoms with Crippen molar-refractivity contribution in [1.82, 2.24) is 4.57 Å². The number of hydrogen-bond acceptors (Lipinski definition) is 3. The van der Waals surface area contributed by atoms with Crippen LogP contribution in [0.2, 0.25) is 0 Å². The molecule has 0 aliphatic carbocycles. The second-order valence-electron chi connectivity index (χ2n) is 5.85. The van der Waals surface area contributed by atoms with Crippen molar-refractivity contribution in [3.8, 4) is 5.75 Å². The Kier molecular flexibility index (Phi) is 4.53. The molecule has 3 aromatic rings. The van der Waals surface area contributed by atoms with E-state index in [0.717, 1.165) is 21.5 Å². The van der Waals surface area contributed by atoms with Gasteiger partial charge in [-0.2, -0.15) is 4.99 Å². The number of aromatic nitrogens is 1. The first-order valence-electron chi connectivity index (χ1n) is 7.76. The van der Waals surface area contributed by atoms with E-state index in [0.29, 0.717) is 11.2 Å². The van der Waals surface area contributed by atoms with Crippen LogP contribution in [-0.4, -0.2) is 17.6 Å². The fraction of sp³-hybridized carbons (Fsp3) is 0.263. The van der Waals surface area contributed by atoms with Crippen LogP contribution in [0, 0.1) is 13.8 Å². The number of rotatable bonds is 3. The first-order chi connectivity index (χ1) is 11.5. The van der Waals surface area contributed by atoms with Gasteiger partial charge in [0, 0.05) is 7.05 Å². The normalized spacial score (nSPS) is 11.9. The molecule has 0 atom stereocenters. The summed E-state index contributed by atoms with van der Waals surface area (Å²) in [5.41, 5.74) is 4.37. The molecule has 0 aliphatic heterocycles. The molecule has 0 saturated carbocycles. The third-order valence-electron chi connectivity index (χ3n) is 4.15. The van der Waals surface area contributed by atoms with Gasteiger partial charge in [-0.3, -0.25) is 4.79 Å². The summed E-state index contributed by atoms with van der Waals surface area (Å²) in [5.74, 6) is 0.647. The van der Waals surface area contributed by atoms with Gasteiger partial charge in [-0.05, 0) is 42.7 Å². The molecule has 2 aromatic carbocycles. The molecule has 1 amide bonds. The minimum Gasteiger partial charge on any atom is -0.495 e. The average Bonchev–Trinajstić information content (AvgIpc) is 2.87. The number of nitrogens with zero attached hydrogens (tertiary/aromatic N) is 2. The Bertz CT molecular complexity index is 983. The van der Waals surface area contributed by atoms with Gasteiger partial charge in [0.2, 0.25) is 0 Å². The molecule has 0 saturated heterocycles. The number of carbonyl (C=O) groups is 1. The monoisotopic (exact) mass is 340 g/mol. The van der Waals surface area contributed by atoms with Gasteiger partial charge in [0.05, 0.1) is 18.2 Å². The summed E-state index contributed by atoms with van der Waals surface area (Å²) in [4.78, 5) is 17.3. The van der Waals surface area contributed by atoms with Crippen LogP contribution in [0.4, 0.5) is 0 Å². The van der Waals surface area contributed by atoms with Crippen molar-refractivity contribution in [1.29, 1.82) is 0 Å². The largest absolute Gasteiger partial charge is 0.495 e. The van der Waals surface area contributed by atoms with Crippen LogP contribution >= 0.6 is 11.3 Å². The van der Waals surface area contributed by atoms with Gasteiger partial charge in [0.15, 0.2) is 4.80 Å². The molecule has 0 radical (unpaired) electrons. The molecular formula is C19H20N2O2S. The Morgan fingerprint density at radius 2 is 2.00 bits per heavy atom. The molecule has 0 fully saturated rings. The second kappa shape index (κ2) is 6.61. The van der Waals surface area contributed by atoms with Crippen LogP contribution in [0.3, 0.4) is 0 Å². The zero-order valence-electron chi connectivity index (χ0n) is 14.3. The summed E-state index contributed by atoms with van der Waals surface area (Å²) in [6.07, 6.45) is 0.312. The molecule has 0 aliphatic rings. The number of benzene rings is 2.